The van der Waals surface area contributed by atoms with Crippen LogP contribution in [0.2, 0.25) is 0 Å². The first-order chi connectivity index (χ1) is 9.97. The van der Waals surface area contributed by atoms with Crippen molar-refractivity contribution in [1.82, 2.24) is 0 Å². The number of hydrogen-bond donors (Lipinski definition) is 2. The topological polar surface area (TPSA) is 104 Å². The number of para-hydroxylation sites is 1. The van der Waals surface area contributed by atoms with E-state index < -0.39 is 15.0 Å². The van der Waals surface area contributed by atoms with Crippen LogP contribution >= 0.6 is 0 Å². The van der Waals surface area contributed by atoms with Gasteiger partial charge in [0.1, 0.15) is 0 Å². The zero-order valence-corrected chi connectivity index (χ0v) is 11.8. The predicted octanol–water partition coefficient (Wildman–Crippen LogP) is 3.17. The van der Waals surface area contributed by atoms with Gasteiger partial charge in [-0.2, -0.15) is 8.42 Å². The first-order valence-electron chi connectivity index (χ1n) is 5.83. The molecular weight excluding hydrogens is 294 g/mol. The summed E-state index contributed by atoms with van der Waals surface area (Å²) in [6, 6.07) is 11.5. The molecule has 0 unspecified atom stereocenters. The van der Waals surface area contributed by atoms with Gasteiger partial charge in [-0.05, 0) is 18.2 Å². The third-order valence-electron chi connectivity index (χ3n) is 2.71. The first-order valence-corrected chi connectivity index (χ1v) is 7.27. The van der Waals surface area contributed by atoms with Gasteiger partial charge in [0.2, 0.25) is 11.1 Å². The fourth-order valence-corrected chi connectivity index (χ4v) is 2.68. The molecule has 0 atom stereocenters. The molecule has 0 saturated heterocycles. The van der Waals surface area contributed by atoms with Gasteiger partial charge in [0, 0.05) is 11.8 Å². The average Bonchev–Trinajstić information content (AvgIpc) is 2.46. The third kappa shape index (κ3) is 3.10. The molecule has 0 bridgehead atoms. The Labute approximate surface area is 121 Å². The highest BCUT2D eigenvalue weighted by molar-refractivity contribution is 7.86. The molecule has 108 valence electrons. The molecule has 0 aliphatic carbocycles. The summed E-state index contributed by atoms with van der Waals surface area (Å²) in [4.78, 5) is 2.44. The van der Waals surface area contributed by atoms with Gasteiger partial charge in [0.15, 0.2) is 9.87 Å². The third-order valence-corrected chi connectivity index (χ3v) is 3.64. The summed E-state index contributed by atoms with van der Waals surface area (Å²) in [7, 11) is -3.37. The lowest BCUT2D eigenvalue weighted by Gasteiger charge is -2.11. The summed E-state index contributed by atoms with van der Waals surface area (Å²) in [6.07, 6.45) is 0. The van der Waals surface area contributed by atoms with Gasteiger partial charge in [0.25, 0.3) is 0 Å². The van der Waals surface area contributed by atoms with Crippen LogP contribution in [0.15, 0.2) is 47.4 Å². The van der Waals surface area contributed by atoms with Gasteiger partial charge >= 0.3 is 15.8 Å². The van der Waals surface area contributed by atoms with E-state index in [0.717, 1.165) is 0 Å². The minimum Gasteiger partial charge on any atom is -0.488 e. The molecule has 2 rings (SSSR count). The molecule has 2 aromatic carbocycles. The molecule has 8 heteroatoms. The van der Waals surface area contributed by atoms with Gasteiger partial charge in [-0.15, -0.1) is 0 Å². The molecular formula is C13H12N3O4S+. The molecule has 0 spiro atoms. The number of nitrogens with one attached hydrogen (secondary N) is 1. The molecule has 0 aromatic heterocycles. The second-order valence-electron chi connectivity index (χ2n) is 4.06. The quantitative estimate of drug-likeness (QED) is 0.664. The number of ether oxygens (including phenoxy) is 1. The number of benzene rings is 2. The van der Waals surface area contributed by atoms with Crippen LogP contribution in [0, 0.1) is 5.39 Å². The van der Waals surface area contributed by atoms with Crippen LogP contribution in [0.4, 0.5) is 17.1 Å². The molecule has 0 radical (unpaired) electrons. The Morgan fingerprint density at radius 3 is 2.38 bits per heavy atom. The molecule has 2 N–H and O–H groups in total. The maximum Gasteiger partial charge on any atom is 0.427 e. The van der Waals surface area contributed by atoms with Crippen molar-refractivity contribution in [3.63, 3.8) is 0 Å². The van der Waals surface area contributed by atoms with Crippen LogP contribution in [0.3, 0.4) is 0 Å². The molecule has 0 aliphatic rings. The number of methoxy groups -OCH3 is 1. The summed E-state index contributed by atoms with van der Waals surface area (Å²) >= 11 is 0. The van der Waals surface area contributed by atoms with E-state index in [1.165, 1.54) is 19.2 Å². The number of nitrogens with zero attached hydrogens (tertiary/aromatic N) is 2. The Balaban J connectivity index is 2.64. The lowest BCUT2D eigenvalue weighted by Crippen LogP contribution is -2.06. The van der Waals surface area contributed by atoms with Gasteiger partial charge in [-0.1, -0.05) is 18.2 Å². The smallest absolute Gasteiger partial charge is 0.427 e. The molecule has 0 fully saturated rings. The number of anilines is 2. The highest BCUT2D eigenvalue weighted by Gasteiger charge is 2.30. The molecule has 2 aromatic rings. The molecule has 0 aliphatic heterocycles. The number of diazo groups is 1. The van der Waals surface area contributed by atoms with Crippen LogP contribution in [0.5, 0.6) is 5.75 Å². The Morgan fingerprint density at radius 2 is 1.86 bits per heavy atom. The second-order valence-corrected chi connectivity index (χ2v) is 5.42. The van der Waals surface area contributed by atoms with E-state index in [4.69, 9.17) is 10.1 Å². The Kier molecular flexibility index (Phi) is 4.07. The van der Waals surface area contributed by atoms with E-state index in [2.05, 4.69) is 10.3 Å². The van der Waals surface area contributed by atoms with E-state index >= 15 is 0 Å². The Morgan fingerprint density at radius 1 is 1.19 bits per heavy atom. The molecule has 0 heterocycles. The number of rotatable bonds is 4. The van der Waals surface area contributed by atoms with Gasteiger partial charge in [-0.25, -0.2) is 0 Å². The fraction of sp³-hybridized carbons (Fsp3) is 0.0769. The van der Waals surface area contributed by atoms with Crippen LogP contribution in [-0.4, -0.2) is 20.1 Å². The zero-order chi connectivity index (χ0) is 15.5. The van der Waals surface area contributed by atoms with E-state index in [1.54, 1.807) is 24.3 Å². The zero-order valence-electron chi connectivity index (χ0n) is 11.0. The van der Waals surface area contributed by atoms with Crippen LogP contribution in [0.25, 0.3) is 4.98 Å². The van der Waals surface area contributed by atoms with Crippen LogP contribution in [0.1, 0.15) is 0 Å². The maximum atomic E-state index is 11.6. The fourth-order valence-electron chi connectivity index (χ4n) is 1.86. The predicted molar refractivity (Wildman–Crippen MR) is 77.3 cm³/mol. The van der Waals surface area contributed by atoms with Crippen molar-refractivity contribution in [2.45, 2.75) is 4.90 Å². The standard InChI is InChI=1S/C13H11N3O4S/c1-20-12-10(16-14)7-8-11(13(12)21(17,18)19)15-9-5-3-2-4-6-9/h2-8,15H,1H3/p+1. The molecule has 0 saturated carbocycles. The lowest BCUT2D eigenvalue weighted by molar-refractivity contribution is 0.400. The van der Waals surface area contributed by atoms with Gasteiger partial charge in [0.05, 0.1) is 12.8 Å². The van der Waals surface area contributed by atoms with Crippen molar-refractivity contribution in [3.8, 4) is 5.75 Å². The summed E-state index contributed by atoms with van der Waals surface area (Å²) in [6.45, 7) is 0. The van der Waals surface area contributed by atoms with Gasteiger partial charge < -0.3 is 10.1 Å². The first kappa shape index (κ1) is 14.8. The minimum absolute atomic E-state index is 0.105. The van der Waals surface area contributed by atoms with Crippen molar-refractivity contribution in [2.75, 3.05) is 12.4 Å². The summed E-state index contributed by atoms with van der Waals surface area (Å²) in [5, 5.41) is 11.7. The van der Waals surface area contributed by atoms with Crippen molar-refractivity contribution < 1.29 is 17.7 Å². The summed E-state index contributed by atoms with van der Waals surface area (Å²) in [5.41, 5.74) is 0.620. The van der Waals surface area contributed by atoms with Crippen molar-refractivity contribution >= 4 is 27.2 Å². The summed E-state index contributed by atoms with van der Waals surface area (Å²) in [5.74, 6) is -0.249. The normalized spacial score (nSPS) is 10.7. The molecule has 21 heavy (non-hydrogen) atoms. The Hall–Kier alpha value is -2.63. The van der Waals surface area contributed by atoms with Gasteiger partial charge in [-0.3, -0.25) is 4.55 Å². The largest absolute Gasteiger partial charge is 0.488 e. The van der Waals surface area contributed by atoms with Crippen molar-refractivity contribution in [2.24, 2.45) is 0 Å². The van der Waals surface area contributed by atoms with Crippen LogP contribution in [-0.2, 0) is 10.1 Å². The number of hydrogen-bond acceptors (Lipinski definition) is 5. The van der Waals surface area contributed by atoms with E-state index in [0.29, 0.717) is 5.69 Å². The summed E-state index contributed by atoms with van der Waals surface area (Å²) < 4.78 is 37.6. The van der Waals surface area contributed by atoms with Crippen molar-refractivity contribution in [1.29, 1.82) is 5.39 Å². The highest BCUT2D eigenvalue weighted by Crippen LogP contribution is 2.40. The minimum atomic E-state index is -4.59. The maximum absolute atomic E-state index is 11.6. The Bertz CT molecular complexity index is 798. The van der Waals surface area contributed by atoms with Crippen molar-refractivity contribution in [3.05, 3.63) is 47.4 Å². The second kappa shape index (κ2) is 5.78. The van der Waals surface area contributed by atoms with E-state index in [-0.39, 0.29) is 17.1 Å². The molecule has 7 nitrogen and oxygen atoms in total. The SMILES string of the molecule is COc1c([N+]#N)ccc(Nc2ccccc2)c1S(=O)(=O)O. The molecule has 0 amide bonds. The highest BCUT2D eigenvalue weighted by atomic mass is 32.2. The lowest BCUT2D eigenvalue weighted by atomic mass is 10.2. The monoisotopic (exact) mass is 306 g/mol. The van der Waals surface area contributed by atoms with E-state index in [1.807, 2.05) is 6.07 Å². The van der Waals surface area contributed by atoms with Crippen LogP contribution < -0.4 is 10.1 Å². The van der Waals surface area contributed by atoms with E-state index in [9.17, 15) is 13.0 Å². The average molecular weight is 306 g/mol.